The Kier molecular flexibility index (Phi) is 3.28. The van der Waals surface area contributed by atoms with E-state index in [0.717, 1.165) is 6.54 Å². The predicted octanol–water partition coefficient (Wildman–Crippen LogP) is 2.27. The third-order valence-electron chi connectivity index (χ3n) is 3.89. The molecule has 18 heavy (non-hydrogen) atoms. The highest BCUT2D eigenvalue weighted by molar-refractivity contribution is 5.79. The van der Waals surface area contributed by atoms with E-state index in [1.165, 1.54) is 38.2 Å². The number of hydrogen-bond donors (Lipinski definition) is 0. The van der Waals surface area contributed by atoms with E-state index in [9.17, 15) is 4.39 Å². The van der Waals surface area contributed by atoms with Gasteiger partial charge < -0.3 is 4.84 Å². The van der Waals surface area contributed by atoms with Crippen molar-refractivity contribution in [3.8, 4) is 0 Å². The average Bonchev–Trinajstić information content (AvgIpc) is 2.42. The van der Waals surface area contributed by atoms with E-state index in [1.807, 2.05) is 0 Å². The Labute approximate surface area is 106 Å². The number of hydrogen-bond acceptors (Lipinski definition) is 3. The summed E-state index contributed by atoms with van der Waals surface area (Å²) in [7, 11) is 0. The molecule has 0 amide bonds. The molecule has 0 spiro atoms. The molecule has 0 aliphatic carbocycles. The fraction of sp³-hybridized carbons (Fsp3) is 0.500. The Balaban J connectivity index is 1.60. The quantitative estimate of drug-likeness (QED) is 0.605. The Hall–Kier alpha value is -1.42. The lowest BCUT2D eigenvalue weighted by Gasteiger charge is -2.42. The second-order valence-corrected chi connectivity index (χ2v) is 5.04. The molecule has 3 aliphatic heterocycles. The Morgan fingerprint density at radius 2 is 2.06 bits per heavy atom. The van der Waals surface area contributed by atoms with E-state index in [4.69, 9.17) is 4.84 Å². The van der Waals surface area contributed by atoms with Crippen LogP contribution in [0.2, 0.25) is 0 Å². The molecule has 4 heteroatoms. The molecule has 1 atom stereocenters. The van der Waals surface area contributed by atoms with Crippen molar-refractivity contribution in [2.75, 3.05) is 19.6 Å². The number of halogens is 1. The molecule has 0 N–H and O–H groups in total. The minimum absolute atomic E-state index is 0.176. The largest absolute Gasteiger partial charge is 0.391 e. The third kappa shape index (κ3) is 2.38. The van der Waals surface area contributed by atoms with Gasteiger partial charge in [0.15, 0.2) is 0 Å². The molecular formula is C14H17FN2O. The van der Waals surface area contributed by atoms with Crippen LogP contribution in [0.4, 0.5) is 4.39 Å². The van der Waals surface area contributed by atoms with Crippen molar-refractivity contribution in [1.82, 2.24) is 4.90 Å². The van der Waals surface area contributed by atoms with Crippen LogP contribution in [0, 0.1) is 11.7 Å². The van der Waals surface area contributed by atoms with Gasteiger partial charge in [0.2, 0.25) is 0 Å². The van der Waals surface area contributed by atoms with Gasteiger partial charge in [0.1, 0.15) is 11.9 Å². The van der Waals surface area contributed by atoms with Gasteiger partial charge >= 0.3 is 0 Å². The molecule has 3 saturated heterocycles. The standard InChI is InChI=1S/C14H17FN2O/c15-13-4-2-1-3-12(13)9-16-18-14-10-17-7-5-11(14)6-8-17/h1-4,9,11,14H,5-8,10H2/b16-9+. The lowest BCUT2D eigenvalue weighted by Crippen LogP contribution is -2.50. The van der Waals surface area contributed by atoms with Gasteiger partial charge in [-0.15, -0.1) is 0 Å². The summed E-state index contributed by atoms with van der Waals surface area (Å²) in [6, 6.07) is 6.58. The smallest absolute Gasteiger partial charge is 0.143 e. The molecule has 3 nitrogen and oxygen atoms in total. The van der Waals surface area contributed by atoms with Gasteiger partial charge in [-0.2, -0.15) is 0 Å². The summed E-state index contributed by atoms with van der Waals surface area (Å²) < 4.78 is 13.4. The van der Waals surface area contributed by atoms with Gasteiger partial charge in [-0.3, -0.25) is 4.90 Å². The fourth-order valence-electron chi connectivity index (χ4n) is 2.78. The third-order valence-corrected chi connectivity index (χ3v) is 3.89. The van der Waals surface area contributed by atoms with E-state index in [0.29, 0.717) is 11.5 Å². The van der Waals surface area contributed by atoms with E-state index in [2.05, 4.69) is 10.1 Å². The van der Waals surface area contributed by atoms with Crippen LogP contribution < -0.4 is 0 Å². The minimum Gasteiger partial charge on any atom is -0.391 e. The van der Waals surface area contributed by atoms with Crippen LogP contribution >= 0.6 is 0 Å². The summed E-state index contributed by atoms with van der Waals surface area (Å²) in [6.07, 6.45) is 4.03. The van der Waals surface area contributed by atoms with E-state index in [1.54, 1.807) is 18.2 Å². The zero-order valence-corrected chi connectivity index (χ0v) is 10.3. The summed E-state index contributed by atoms with van der Waals surface area (Å²) in [6.45, 7) is 3.32. The summed E-state index contributed by atoms with van der Waals surface area (Å²) >= 11 is 0. The van der Waals surface area contributed by atoms with Crippen molar-refractivity contribution in [3.63, 3.8) is 0 Å². The maximum atomic E-state index is 13.4. The van der Waals surface area contributed by atoms with Crippen molar-refractivity contribution < 1.29 is 9.23 Å². The molecule has 3 fully saturated rings. The Morgan fingerprint density at radius 1 is 1.28 bits per heavy atom. The Morgan fingerprint density at radius 3 is 2.72 bits per heavy atom. The Bertz CT molecular complexity index is 441. The van der Waals surface area contributed by atoms with Crippen LogP contribution in [0.25, 0.3) is 0 Å². The molecule has 96 valence electrons. The van der Waals surface area contributed by atoms with E-state index >= 15 is 0 Å². The molecule has 1 aromatic carbocycles. The van der Waals surface area contributed by atoms with Crippen molar-refractivity contribution >= 4 is 6.21 Å². The molecule has 0 radical (unpaired) electrons. The number of nitrogens with zero attached hydrogens (tertiary/aromatic N) is 2. The molecule has 4 rings (SSSR count). The minimum atomic E-state index is -0.265. The maximum Gasteiger partial charge on any atom is 0.143 e. The summed E-state index contributed by atoms with van der Waals surface area (Å²) in [4.78, 5) is 7.94. The number of fused-ring (bicyclic) bond motifs is 3. The summed E-state index contributed by atoms with van der Waals surface area (Å²) in [5.41, 5.74) is 0.471. The normalized spacial score (nSPS) is 30.8. The first-order valence-corrected chi connectivity index (χ1v) is 6.49. The van der Waals surface area contributed by atoms with E-state index < -0.39 is 0 Å². The lowest BCUT2D eigenvalue weighted by atomic mass is 9.86. The zero-order valence-electron chi connectivity index (χ0n) is 10.3. The van der Waals surface area contributed by atoms with Crippen molar-refractivity contribution in [1.29, 1.82) is 0 Å². The predicted molar refractivity (Wildman–Crippen MR) is 68.0 cm³/mol. The number of rotatable bonds is 3. The summed E-state index contributed by atoms with van der Waals surface area (Å²) in [5.74, 6) is 0.353. The van der Waals surface area contributed by atoms with Gasteiger partial charge in [-0.1, -0.05) is 23.4 Å². The van der Waals surface area contributed by atoms with Crippen LogP contribution in [-0.2, 0) is 4.84 Å². The fourth-order valence-corrected chi connectivity index (χ4v) is 2.78. The highest BCUT2D eigenvalue weighted by Crippen LogP contribution is 2.29. The van der Waals surface area contributed by atoms with Crippen molar-refractivity contribution in [2.24, 2.45) is 11.1 Å². The molecule has 1 unspecified atom stereocenters. The number of oxime groups is 1. The monoisotopic (exact) mass is 248 g/mol. The molecule has 0 saturated carbocycles. The second kappa shape index (κ2) is 5.06. The van der Waals surface area contributed by atoms with Crippen LogP contribution in [0.5, 0.6) is 0 Å². The molecule has 2 bridgehead atoms. The molecule has 0 aromatic heterocycles. The number of benzene rings is 1. The van der Waals surface area contributed by atoms with Gasteiger partial charge in [0.05, 0.1) is 6.21 Å². The van der Waals surface area contributed by atoms with Crippen LogP contribution in [0.3, 0.4) is 0 Å². The van der Waals surface area contributed by atoms with Crippen LogP contribution in [0.1, 0.15) is 18.4 Å². The highest BCUT2D eigenvalue weighted by Gasteiger charge is 2.35. The van der Waals surface area contributed by atoms with Crippen molar-refractivity contribution in [3.05, 3.63) is 35.6 Å². The maximum absolute atomic E-state index is 13.4. The topological polar surface area (TPSA) is 24.8 Å². The van der Waals surface area contributed by atoms with Crippen LogP contribution in [0.15, 0.2) is 29.4 Å². The highest BCUT2D eigenvalue weighted by atomic mass is 19.1. The van der Waals surface area contributed by atoms with Gasteiger partial charge in [-0.05, 0) is 32.0 Å². The molecule has 1 aromatic rings. The first-order valence-electron chi connectivity index (χ1n) is 6.49. The van der Waals surface area contributed by atoms with Crippen molar-refractivity contribution in [2.45, 2.75) is 18.9 Å². The lowest BCUT2D eigenvalue weighted by molar-refractivity contribution is -0.0675. The second-order valence-electron chi connectivity index (χ2n) is 5.04. The van der Waals surface area contributed by atoms with Gasteiger partial charge in [0.25, 0.3) is 0 Å². The van der Waals surface area contributed by atoms with Gasteiger partial charge in [-0.25, -0.2) is 4.39 Å². The van der Waals surface area contributed by atoms with Gasteiger partial charge in [0, 0.05) is 18.0 Å². The average molecular weight is 248 g/mol. The van der Waals surface area contributed by atoms with E-state index in [-0.39, 0.29) is 11.9 Å². The molecular weight excluding hydrogens is 231 g/mol. The molecule has 3 heterocycles. The number of piperidine rings is 3. The van der Waals surface area contributed by atoms with Crippen LogP contribution in [-0.4, -0.2) is 36.9 Å². The molecule has 3 aliphatic rings. The summed E-state index contributed by atoms with van der Waals surface area (Å²) in [5, 5.41) is 3.95. The SMILES string of the molecule is Fc1ccccc1/C=N/OC1CN2CCC1CC2. The first-order chi connectivity index (χ1) is 8.83. The zero-order chi connectivity index (χ0) is 12.4. The first kappa shape index (κ1) is 11.7.